The Balaban J connectivity index is 2.21. The molecule has 0 saturated heterocycles. The van der Waals surface area contributed by atoms with E-state index in [1.54, 1.807) is 31.2 Å². The van der Waals surface area contributed by atoms with Gasteiger partial charge in [-0.1, -0.05) is 6.07 Å². The van der Waals surface area contributed by atoms with Gasteiger partial charge < -0.3 is 20.9 Å². The normalized spacial score (nSPS) is 11.9. The van der Waals surface area contributed by atoms with Crippen LogP contribution in [-0.4, -0.2) is 30.3 Å². The molecule has 0 aromatic heterocycles. The molecule has 4 N–H and O–H groups in total. The number of carbonyl (C=O) groups excluding carboxylic acids is 1. The maximum atomic E-state index is 11.3. The molecule has 0 radical (unpaired) electrons. The highest BCUT2D eigenvalue weighted by Gasteiger charge is 2.03. The summed E-state index contributed by atoms with van der Waals surface area (Å²) < 4.78 is 5.36. The first-order valence-corrected chi connectivity index (χ1v) is 5.51. The molecule has 0 unspecified atom stereocenters. The third-order valence-electron chi connectivity index (χ3n) is 2.05. The van der Waals surface area contributed by atoms with Crippen LogP contribution >= 0.6 is 0 Å². The van der Waals surface area contributed by atoms with Gasteiger partial charge in [-0.2, -0.15) is 0 Å². The van der Waals surface area contributed by atoms with E-state index in [1.807, 2.05) is 0 Å². The van der Waals surface area contributed by atoms with Crippen LogP contribution in [0.25, 0.3) is 0 Å². The fourth-order valence-electron chi connectivity index (χ4n) is 1.22. The minimum atomic E-state index is -0.534. The summed E-state index contributed by atoms with van der Waals surface area (Å²) in [6.45, 7) is 2.16. The lowest BCUT2D eigenvalue weighted by atomic mass is 10.3. The smallest absolute Gasteiger partial charge is 0.223 e. The van der Waals surface area contributed by atoms with Gasteiger partial charge >= 0.3 is 0 Å². The maximum absolute atomic E-state index is 11.3. The van der Waals surface area contributed by atoms with E-state index < -0.39 is 6.10 Å². The summed E-state index contributed by atoms with van der Waals surface area (Å²) in [6, 6.07) is 7.04. The Bertz CT molecular complexity index is 367. The summed E-state index contributed by atoms with van der Waals surface area (Å²) in [5, 5.41) is 11.6. The van der Waals surface area contributed by atoms with Crippen molar-refractivity contribution in [3.8, 4) is 5.75 Å². The molecule has 1 amide bonds. The maximum Gasteiger partial charge on any atom is 0.223 e. The van der Waals surface area contributed by atoms with Crippen molar-refractivity contribution in [1.82, 2.24) is 5.32 Å². The first-order chi connectivity index (χ1) is 8.08. The molecular weight excluding hydrogens is 220 g/mol. The largest absolute Gasteiger partial charge is 0.493 e. The summed E-state index contributed by atoms with van der Waals surface area (Å²) in [5.41, 5.74) is 6.21. The Kier molecular flexibility index (Phi) is 5.29. The Hall–Kier alpha value is -1.75. The monoisotopic (exact) mass is 238 g/mol. The predicted octanol–water partition coefficient (Wildman–Crippen LogP) is 0.535. The molecule has 94 valence electrons. The second-order valence-corrected chi connectivity index (χ2v) is 3.82. The number of aliphatic hydroxyl groups is 1. The number of hydrogen-bond acceptors (Lipinski definition) is 4. The second kappa shape index (κ2) is 6.75. The van der Waals surface area contributed by atoms with Crippen molar-refractivity contribution in [3.63, 3.8) is 0 Å². The number of benzene rings is 1. The van der Waals surface area contributed by atoms with Crippen molar-refractivity contribution >= 4 is 11.6 Å². The molecule has 0 aliphatic heterocycles. The van der Waals surface area contributed by atoms with Crippen molar-refractivity contribution in [1.29, 1.82) is 0 Å². The predicted molar refractivity (Wildman–Crippen MR) is 65.7 cm³/mol. The Morgan fingerprint density at radius 2 is 2.35 bits per heavy atom. The highest BCUT2D eigenvalue weighted by Crippen LogP contribution is 2.14. The van der Waals surface area contributed by atoms with Crippen LogP contribution in [0.2, 0.25) is 0 Å². The molecule has 5 nitrogen and oxygen atoms in total. The fraction of sp³-hybridized carbons (Fsp3) is 0.417. The van der Waals surface area contributed by atoms with Gasteiger partial charge in [0.25, 0.3) is 0 Å². The average molecular weight is 238 g/mol. The Morgan fingerprint density at radius 1 is 1.59 bits per heavy atom. The molecular formula is C12H18N2O3. The van der Waals surface area contributed by atoms with Gasteiger partial charge in [-0.05, 0) is 19.1 Å². The number of nitrogens with one attached hydrogen (secondary N) is 1. The molecule has 1 rings (SSSR count). The summed E-state index contributed by atoms with van der Waals surface area (Å²) in [5.74, 6) is 0.503. The van der Waals surface area contributed by atoms with E-state index in [4.69, 9.17) is 15.6 Å². The molecule has 0 heterocycles. The number of hydrogen-bond donors (Lipinski definition) is 3. The number of nitrogen functional groups attached to an aromatic ring is 1. The van der Waals surface area contributed by atoms with E-state index in [9.17, 15) is 4.79 Å². The number of ether oxygens (including phenoxy) is 1. The molecule has 1 aromatic carbocycles. The second-order valence-electron chi connectivity index (χ2n) is 3.82. The van der Waals surface area contributed by atoms with Gasteiger partial charge in [0.15, 0.2) is 0 Å². The lowest BCUT2D eigenvalue weighted by molar-refractivity contribution is -0.122. The molecule has 5 heteroatoms. The third kappa shape index (κ3) is 5.77. The number of carbonyl (C=O) groups is 1. The van der Waals surface area contributed by atoms with Crippen molar-refractivity contribution < 1.29 is 14.6 Å². The van der Waals surface area contributed by atoms with E-state index in [0.29, 0.717) is 11.4 Å². The lowest BCUT2D eigenvalue weighted by Gasteiger charge is -2.08. The SMILES string of the molecule is C[C@@H](O)CNC(=O)CCOc1cccc(N)c1. The number of nitrogens with two attached hydrogens (primary N) is 1. The zero-order valence-corrected chi connectivity index (χ0v) is 9.85. The number of amides is 1. The van der Waals surface area contributed by atoms with Gasteiger partial charge in [0, 0.05) is 18.3 Å². The van der Waals surface area contributed by atoms with Gasteiger partial charge in [0.1, 0.15) is 5.75 Å². The third-order valence-corrected chi connectivity index (χ3v) is 2.05. The topological polar surface area (TPSA) is 84.6 Å². The molecule has 0 bridgehead atoms. The minimum Gasteiger partial charge on any atom is -0.493 e. The molecule has 0 fully saturated rings. The molecule has 0 spiro atoms. The summed E-state index contributed by atoms with van der Waals surface area (Å²) in [7, 11) is 0. The van der Waals surface area contributed by atoms with Crippen LogP contribution in [0.4, 0.5) is 5.69 Å². The first-order valence-electron chi connectivity index (χ1n) is 5.51. The van der Waals surface area contributed by atoms with Crippen LogP contribution < -0.4 is 15.8 Å². The van der Waals surface area contributed by atoms with Crippen LogP contribution in [0, 0.1) is 0 Å². The van der Waals surface area contributed by atoms with Gasteiger partial charge in [-0.25, -0.2) is 0 Å². The fourth-order valence-corrected chi connectivity index (χ4v) is 1.22. The highest BCUT2D eigenvalue weighted by atomic mass is 16.5. The lowest BCUT2D eigenvalue weighted by Crippen LogP contribution is -2.31. The van der Waals surface area contributed by atoms with Gasteiger partial charge in [-0.3, -0.25) is 4.79 Å². The van der Waals surface area contributed by atoms with Gasteiger partial charge in [-0.15, -0.1) is 0 Å². The molecule has 0 saturated carbocycles. The number of anilines is 1. The van der Waals surface area contributed by atoms with Crippen LogP contribution in [0.5, 0.6) is 5.75 Å². The zero-order valence-electron chi connectivity index (χ0n) is 9.85. The van der Waals surface area contributed by atoms with E-state index >= 15 is 0 Å². The quantitative estimate of drug-likeness (QED) is 0.631. The molecule has 1 aromatic rings. The van der Waals surface area contributed by atoms with Gasteiger partial charge in [0.05, 0.1) is 19.1 Å². The summed E-state index contributed by atoms with van der Waals surface area (Å²) in [4.78, 5) is 11.3. The first kappa shape index (κ1) is 13.3. The Labute approximate surface area is 101 Å². The highest BCUT2D eigenvalue weighted by molar-refractivity contribution is 5.76. The van der Waals surface area contributed by atoms with Crippen molar-refractivity contribution in [3.05, 3.63) is 24.3 Å². The van der Waals surface area contributed by atoms with E-state index in [2.05, 4.69) is 5.32 Å². The van der Waals surface area contributed by atoms with Crippen molar-refractivity contribution in [2.45, 2.75) is 19.4 Å². The van der Waals surface area contributed by atoms with Gasteiger partial charge in [0.2, 0.25) is 5.91 Å². The van der Waals surface area contributed by atoms with E-state index in [0.717, 1.165) is 0 Å². The van der Waals surface area contributed by atoms with Crippen molar-refractivity contribution in [2.75, 3.05) is 18.9 Å². The van der Waals surface area contributed by atoms with Crippen LogP contribution in [-0.2, 0) is 4.79 Å². The summed E-state index contributed by atoms with van der Waals surface area (Å²) in [6.07, 6.45) is -0.282. The van der Waals surface area contributed by atoms with Crippen LogP contribution in [0.1, 0.15) is 13.3 Å². The Morgan fingerprint density at radius 3 is 3.00 bits per heavy atom. The van der Waals surface area contributed by atoms with Crippen molar-refractivity contribution in [2.24, 2.45) is 0 Å². The van der Waals surface area contributed by atoms with Crippen LogP contribution in [0.3, 0.4) is 0 Å². The minimum absolute atomic E-state index is 0.144. The summed E-state index contributed by atoms with van der Waals surface area (Å²) >= 11 is 0. The van der Waals surface area contributed by atoms with E-state index in [-0.39, 0.29) is 25.5 Å². The average Bonchev–Trinajstić information content (AvgIpc) is 2.26. The zero-order chi connectivity index (χ0) is 12.7. The number of aliphatic hydroxyl groups excluding tert-OH is 1. The molecule has 0 aliphatic rings. The molecule has 17 heavy (non-hydrogen) atoms. The molecule has 0 aliphatic carbocycles. The van der Waals surface area contributed by atoms with Crippen LogP contribution in [0.15, 0.2) is 24.3 Å². The molecule has 1 atom stereocenters. The van der Waals surface area contributed by atoms with E-state index in [1.165, 1.54) is 0 Å². The standard InChI is InChI=1S/C12H18N2O3/c1-9(15)8-14-12(16)5-6-17-11-4-2-3-10(13)7-11/h2-4,7,9,15H,5-6,8,13H2,1H3,(H,14,16)/t9-/m1/s1. The number of rotatable bonds is 6.